The predicted molar refractivity (Wildman–Crippen MR) is 78.3 cm³/mol. The summed E-state index contributed by atoms with van der Waals surface area (Å²) < 4.78 is 25.4. The van der Waals surface area contributed by atoms with Gasteiger partial charge in [-0.1, -0.05) is 30.3 Å². The zero-order valence-corrected chi connectivity index (χ0v) is 13.4. The van der Waals surface area contributed by atoms with Gasteiger partial charge in [-0.3, -0.25) is 14.4 Å². The van der Waals surface area contributed by atoms with Gasteiger partial charge in [-0.15, -0.1) is 0 Å². The molecule has 0 spiro atoms. The highest BCUT2D eigenvalue weighted by Crippen LogP contribution is 2.45. The van der Waals surface area contributed by atoms with E-state index in [2.05, 4.69) is 14.4 Å². The van der Waals surface area contributed by atoms with Crippen molar-refractivity contribution < 1.29 is 37.9 Å². The summed E-state index contributed by atoms with van der Waals surface area (Å²) in [7, 11) is -4.64. The Morgan fingerprint density at radius 2 is 1.83 bits per heavy atom. The number of ether oxygens (including phenoxy) is 1. The van der Waals surface area contributed by atoms with Gasteiger partial charge in [0.1, 0.15) is 12.8 Å². The van der Waals surface area contributed by atoms with E-state index >= 15 is 0 Å². The number of benzene rings is 1. The predicted octanol–water partition coefficient (Wildman–Crippen LogP) is 1.87. The fourth-order valence-corrected chi connectivity index (χ4v) is 2.42. The molecule has 1 rings (SSSR count). The Bertz CT molecular complexity index is 579. The molecule has 10 heteroatoms. The number of carboxylic acids is 1. The van der Waals surface area contributed by atoms with Crippen LogP contribution in [0.2, 0.25) is 0 Å². The third-order valence-corrected chi connectivity index (χ3v) is 3.63. The van der Waals surface area contributed by atoms with Crippen LogP contribution in [0.5, 0.6) is 0 Å². The molecule has 0 saturated carbocycles. The van der Waals surface area contributed by atoms with Crippen molar-refractivity contribution >= 4 is 19.9 Å². The number of aliphatic carboxylic acids is 1. The summed E-state index contributed by atoms with van der Waals surface area (Å²) >= 11 is 0. The maximum Gasteiger partial charge on any atom is 0.474 e. The number of carboxylic acid groups (broad SMARTS) is 1. The molecule has 23 heavy (non-hydrogen) atoms. The molecule has 1 amide bonds. The SMILES string of the molecule is CC(NC(=O)OCc1ccccc1)OP(=O)(O)OC(C)C(=O)O. The monoisotopic (exact) mass is 347 g/mol. The van der Waals surface area contributed by atoms with E-state index in [1.54, 1.807) is 24.3 Å². The fraction of sp³-hybridized carbons (Fsp3) is 0.385. The maximum atomic E-state index is 11.6. The van der Waals surface area contributed by atoms with Crippen molar-refractivity contribution in [2.45, 2.75) is 32.8 Å². The van der Waals surface area contributed by atoms with Gasteiger partial charge < -0.3 is 14.7 Å². The van der Waals surface area contributed by atoms with Crippen molar-refractivity contribution in [3.63, 3.8) is 0 Å². The van der Waals surface area contributed by atoms with E-state index in [0.29, 0.717) is 0 Å². The molecule has 0 aliphatic carbocycles. The summed E-state index contributed by atoms with van der Waals surface area (Å²) in [6, 6.07) is 8.90. The van der Waals surface area contributed by atoms with Gasteiger partial charge in [-0.05, 0) is 19.4 Å². The Morgan fingerprint density at radius 1 is 1.22 bits per heavy atom. The van der Waals surface area contributed by atoms with Crippen molar-refractivity contribution in [3.8, 4) is 0 Å². The Kier molecular flexibility index (Phi) is 7.18. The van der Waals surface area contributed by atoms with Crippen LogP contribution in [0.4, 0.5) is 4.79 Å². The second kappa shape index (κ2) is 8.64. The van der Waals surface area contributed by atoms with E-state index in [0.717, 1.165) is 12.5 Å². The molecule has 0 bridgehead atoms. The second-order valence-corrected chi connectivity index (χ2v) is 5.87. The average Bonchev–Trinajstić information content (AvgIpc) is 2.44. The highest BCUT2D eigenvalue weighted by molar-refractivity contribution is 7.47. The molecule has 3 unspecified atom stereocenters. The zero-order chi connectivity index (χ0) is 17.5. The molecule has 0 radical (unpaired) electrons. The lowest BCUT2D eigenvalue weighted by atomic mass is 10.2. The number of carbonyl (C=O) groups excluding carboxylic acids is 1. The van der Waals surface area contributed by atoms with E-state index < -0.39 is 32.2 Å². The molecular weight excluding hydrogens is 329 g/mol. The van der Waals surface area contributed by atoms with Gasteiger partial charge in [-0.25, -0.2) is 14.2 Å². The Hall–Kier alpha value is -1.93. The third kappa shape index (κ3) is 7.75. The lowest BCUT2D eigenvalue weighted by Gasteiger charge is -2.19. The number of amides is 1. The number of carbonyl (C=O) groups is 2. The van der Waals surface area contributed by atoms with Gasteiger partial charge >= 0.3 is 19.9 Å². The van der Waals surface area contributed by atoms with Crippen molar-refractivity contribution in [2.24, 2.45) is 0 Å². The Morgan fingerprint density at radius 3 is 2.39 bits per heavy atom. The summed E-state index contributed by atoms with van der Waals surface area (Å²) in [5.41, 5.74) is 0.766. The summed E-state index contributed by atoms with van der Waals surface area (Å²) in [4.78, 5) is 31.5. The normalized spacial score (nSPS) is 16.0. The molecule has 0 saturated heterocycles. The largest absolute Gasteiger partial charge is 0.479 e. The molecule has 9 nitrogen and oxygen atoms in total. The van der Waals surface area contributed by atoms with E-state index in [-0.39, 0.29) is 6.61 Å². The van der Waals surface area contributed by atoms with Gasteiger partial charge in [0, 0.05) is 0 Å². The van der Waals surface area contributed by atoms with E-state index in [4.69, 9.17) is 9.84 Å². The summed E-state index contributed by atoms with van der Waals surface area (Å²) in [6.45, 7) is 2.35. The summed E-state index contributed by atoms with van der Waals surface area (Å²) in [5.74, 6) is -1.43. The maximum absolute atomic E-state index is 11.6. The molecule has 128 valence electrons. The van der Waals surface area contributed by atoms with Crippen LogP contribution in [0.1, 0.15) is 19.4 Å². The number of alkyl carbamates (subject to hydrolysis) is 1. The van der Waals surface area contributed by atoms with Crippen LogP contribution in [0.25, 0.3) is 0 Å². The lowest BCUT2D eigenvalue weighted by molar-refractivity contribution is -0.145. The fourth-order valence-electron chi connectivity index (χ4n) is 1.43. The number of phosphoric acid groups is 1. The summed E-state index contributed by atoms with van der Waals surface area (Å²) in [5, 5.41) is 10.8. The van der Waals surface area contributed by atoms with Crippen LogP contribution in [0.15, 0.2) is 30.3 Å². The highest BCUT2D eigenvalue weighted by atomic mass is 31.2. The lowest BCUT2D eigenvalue weighted by Crippen LogP contribution is -2.34. The second-order valence-electron chi connectivity index (χ2n) is 4.51. The minimum absolute atomic E-state index is 0.0166. The topological polar surface area (TPSA) is 131 Å². The summed E-state index contributed by atoms with van der Waals surface area (Å²) in [6.07, 6.45) is -3.63. The minimum atomic E-state index is -4.64. The molecule has 0 aliphatic rings. The first-order chi connectivity index (χ1) is 10.7. The quantitative estimate of drug-likeness (QED) is 0.480. The van der Waals surface area contributed by atoms with Crippen LogP contribution in [0, 0.1) is 0 Å². The van der Waals surface area contributed by atoms with E-state index in [9.17, 15) is 19.0 Å². The average molecular weight is 347 g/mol. The van der Waals surface area contributed by atoms with Crippen LogP contribution >= 0.6 is 7.82 Å². The van der Waals surface area contributed by atoms with Crippen molar-refractivity contribution in [2.75, 3.05) is 0 Å². The zero-order valence-electron chi connectivity index (χ0n) is 12.5. The molecule has 0 aromatic heterocycles. The van der Waals surface area contributed by atoms with Gasteiger partial charge in [-0.2, -0.15) is 0 Å². The molecular formula is C13H18NO8P. The van der Waals surface area contributed by atoms with Gasteiger partial charge in [0.2, 0.25) is 0 Å². The number of hydrogen-bond acceptors (Lipinski definition) is 6. The van der Waals surface area contributed by atoms with Crippen molar-refractivity contribution in [1.82, 2.24) is 5.32 Å². The first kappa shape index (κ1) is 19.1. The van der Waals surface area contributed by atoms with Crippen molar-refractivity contribution in [1.29, 1.82) is 0 Å². The molecule has 0 aliphatic heterocycles. The highest BCUT2D eigenvalue weighted by Gasteiger charge is 2.30. The van der Waals surface area contributed by atoms with Gasteiger partial charge in [0.05, 0.1) is 0 Å². The first-order valence-electron chi connectivity index (χ1n) is 6.59. The number of nitrogens with one attached hydrogen (secondary N) is 1. The molecule has 0 fully saturated rings. The molecule has 1 aromatic carbocycles. The van der Waals surface area contributed by atoms with Gasteiger partial charge in [0.15, 0.2) is 6.10 Å². The van der Waals surface area contributed by atoms with Crippen LogP contribution < -0.4 is 5.32 Å². The van der Waals surface area contributed by atoms with Crippen LogP contribution in [-0.4, -0.2) is 34.4 Å². The van der Waals surface area contributed by atoms with Gasteiger partial charge in [0.25, 0.3) is 0 Å². The van der Waals surface area contributed by atoms with E-state index in [1.807, 2.05) is 6.07 Å². The smallest absolute Gasteiger partial charge is 0.474 e. The van der Waals surface area contributed by atoms with Crippen LogP contribution in [0.3, 0.4) is 0 Å². The Labute approximate surface area is 132 Å². The molecule has 3 atom stereocenters. The van der Waals surface area contributed by atoms with Crippen LogP contribution in [-0.2, 0) is 29.8 Å². The number of hydrogen-bond donors (Lipinski definition) is 3. The van der Waals surface area contributed by atoms with E-state index in [1.165, 1.54) is 6.92 Å². The molecule has 3 N–H and O–H groups in total. The standard InChI is InChI=1S/C13H18NO8P/c1-9(12(15)16)21-23(18,19)22-10(2)14-13(17)20-8-11-6-4-3-5-7-11/h3-7,9-10H,8H2,1-2H3,(H,14,17)(H,15,16)(H,18,19). The minimum Gasteiger partial charge on any atom is -0.479 e. The Balaban J connectivity index is 2.40. The number of phosphoric ester groups is 1. The van der Waals surface area contributed by atoms with Crippen molar-refractivity contribution in [3.05, 3.63) is 35.9 Å². The molecule has 1 aromatic rings. The molecule has 0 heterocycles. The number of rotatable bonds is 8. The third-order valence-electron chi connectivity index (χ3n) is 2.46. The first-order valence-corrected chi connectivity index (χ1v) is 8.09.